The first-order valence-corrected chi connectivity index (χ1v) is 8.46. The molecule has 0 spiro atoms. The SMILES string of the molecule is CCCC(=O)Nc1c2c(nn1-c1ccc(Cl)cc1)CSC2. The molecule has 6 heteroatoms. The van der Waals surface area contributed by atoms with Crippen LogP contribution in [0.1, 0.15) is 31.0 Å². The van der Waals surface area contributed by atoms with Gasteiger partial charge in [0.25, 0.3) is 0 Å². The van der Waals surface area contributed by atoms with E-state index < -0.39 is 0 Å². The Balaban J connectivity index is 2.00. The molecule has 0 unspecified atom stereocenters. The second kappa shape index (κ2) is 6.12. The first kappa shape index (κ1) is 14.5. The van der Waals surface area contributed by atoms with E-state index >= 15 is 0 Å². The molecular formula is C15H16ClN3OS. The lowest BCUT2D eigenvalue weighted by Crippen LogP contribution is -2.15. The standard InChI is InChI=1S/C15H16ClN3OS/c1-2-3-14(20)17-15-12-8-21-9-13(12)18-19(15)11-6-4-10(16)5-7-11/h4-7H,2-3,8-9H2,1H3,(H,17,20). The molecule has 0 saturated heterocycles. The Morgan fingerprint density at radius 2 is 2.14 bits per heavy atom. The number of nitrogens with one attached hydrogen (secondary N) is 1. The van der Waals surface area contributed by atoms with E-state index in [1.807, 2.05) is 47.6 Å². The smallest absolute Gasteiger partial charge is 0.225 e. The molecule has 2 aromatic rings. The summed E-state index contributed by atoms with van der Waals surface area (Å²) in [6.45, 7) is 2.00. The van der Waals surface area contributed by atoms with Gasteiger partial charge in [0.2, 0.25) is 5.91 Å². The molecule has 0 fully saturated rings. The number of anilines is 1. The zero-order chi connectivity index (χ0) is 14.8. The fourth-order valence-corrected chi connectivity index (χ4v) is 3.49. The third-order valence-electron chi connectivity index (χ3n) is 3.36. The van der Waals surface area contributed by atoms with E-state index in [2.05, 4.69) is 10.4 Å². The number of halogens is 1. The largest absolute Gasteiger partial charge is 0.310 e. The third kappa shape index (κ3) is 2.94. The minimum Gasteiger partial charge on any atom is -0.310 e. The average Bonchev–Trinajstić information content (AvgIpc) is 3.03. The summed E-state index contributed by atoms with van der Waals surface area (Å²) >= 11 is 7.76. The molecule has 3 rings (SSSR count). The van der Waals surface area contributed by atoms with Crippen LogP contribution in [0.15, 0.2) is 24.3 Å². The van der Waals surface area contributed by atoms with Crippen LogP contribution in [0.25, 0.3) is 5.69 Å². The van der Waals surface area contributed by atoms with Gasteiger partial charge in [-0.2, -0.15) is 16.9 Å². The maximum absolute atomic E-state index is 12.0. The van der Waals surface area contributed by atoms with Crippen molar-refractivity contribution >= 4 is 35.1 Å². The number of aromatic nitrogens is 2. The number of thioether (sulfide) groups is 1. The van der Waals surface area contributed by atoms with Crippen molar-refractivity contribution < 1.29 is 4.79 Å². The van der Waals surface area contributed by atoms with Crippen molar-refractivity contribution in [1.29, 1.82) is 0 Å². The highest BCUT2D eigenvalue weighted by Crippen LogP contribution is 2.36. The number of fused-ring (bicyclic) bond motifs is 1. The van der Waals surface area contributed by atoms with E-state index in [4.69, 9.17) is 11.6 Å². The Morgan fingerprint density at radius 3 is 2.86 bits per heavy atom. The van der Waals surface area contributed by atoms with Crippen LogP contribution in [0.5, 0.6) is 0 Å². The normalized spacial score (nSPS) is 13.2. The number of nitrogens with zero attached hydrogens (tertiary/aromatic N) is 2. The highest BCUT2D eigenvalue weighted by molar-refractivity contribution is 7.98. The molecule has 0 atom stereocenters. The van der Waals surface area contributed by atoms with Crippen LogP contribution in [0, 0.1) is 0 Å². The third-order valence-corrected chi connectivity index (χ3v) is 4.58. The molecule has 1 N–H and O–H groups in total. The van der Waals surface area contributed by atoms with Crippen molar-refractivity contribution in [2.75, 3.05) is 5.32 Å². The van der Waals surface area contributed by atoms with E-state index in [1.54, 1.807) is 0 Å². The van der Waals surface area contributed by atoms with E-state index in [-0.39, 0.29) is 5.91 Å². The first-order chi connectivity index (χ1) is 10.2. The van der Waals surface area contributed by atoms with Crippen LogP contribution in [-0.2, 0) is 16.3 Å². The molecule has 1 aliphatic rings. The number of hydrogen-bond donors (Lipinski definition) is 1. The summed E-state index contributed by atoms with van der Waals surface area (Å²) in [6, 6.07) is 7.48. The average molecular weight is 322 g/mol. The Morgan fingerprint density at radius 1 is 1.38 bits per heavy atom. The van der Waals surface area contributed by atoms with Crippen LogP contribution < -0.4 is 5.32 Å². The summed E-state index contributed by atoms with van der Waals surface area (Å²) in [5, 5.41) is 8.35. The molecular weight excluding hydrogens is 306 g/mol. The molecule has 0 saturated carbocycles. The summed E-state index contributed by atoms with van der Waals surface area (Å²) in [5.41, 5.74) is 3.10. The molecule has 110 valence electrons. The fraction of sp³-hybridized carbons (Fsp3) is 0.333. The molecule has 0 radical (unpaired) electrons. The zero-order valence-electron chi connectivity index (χ0n) is 11.7. The van der Waals surface area contributed by atoms with Crippen molar-refractivity contribution in [3.05, 3.63) is 40.5 Å². The van der Waals surface area contributed by atoms with E-state index in [0.29, 0.717) is 11.4 Å². The number of hydrogen-bond acceptors (Lipinski definition) is 3. The van der Waals surface area contributed by atoms with Crippen LogP contribution in [-0.4, -0.2) is 15.7 Å². The maximum atomic E-state index is 12.0. The summed E-state index contributed by atoms with van der Waals surface area (Å²) < 4.78 is 1.81. The monoisotopic (exact) mass is 321 g/mol. The molecule has 1 amide bonds. The number of carbonyl (C=O) groups excluding carboxylic acids is 1. The first-order valence-electron chi connectivity index (χ1n) is 6.93. The van der Waals surface area contributed by atoms with Gasteiger partial charge in [0.1, 0.15) is 5.82 Å². The van der Waals surface area contributed by atoms with E-state index in [0.717, 1.165) is 40.7 Å². The fourth-order valence-electron chi connectivity index (χ4n) is 2.33. The second-order valence-corrected chi connectivity index (χ2v) is 6.38. The lowest BCUT2D eigenvalue weighted by atomic mass is 10.2. The van der Waals surface area contributed by atoms with Gasteiger partial charge < -0.3 is 5.32 Å². The molecule has 0 aliphatic carbocycles. The van der Waals surface area contributed by atoms with Gasteiger partial charge in [-0.25, -0.2) is 4.68 Å². The van der Waals surface area contributed by atoms with Gasteiger partial charge >= 0.3 is 0 Å². The Labute approximate surface area is 132 Å². The van der Waals surface area contributed by atoms with E-state index in [9.17, 15) is 4.79 Å². The highest BCUT2D eigenvalue weighted by atomic mass is 35.5. The highest BCUT2D eigenvalue weighted by Gasteiger charge is 2.24. The number of rotatable bonds is 4. The molecule has 2 heterocycles. The summed E-state index contributed by atoms with van der Waals surface area (Å²) in [5.74, 6) is 2.63. The van der Waals surface area contributed by atoms with Crippen LogP contribution in [0.3, 0.4) is 0 Å². The summed E-state index contributed by atoms with van der Waals surface area (Å²) in [6.07, 6.45) is 1.35. The molecule has 0 bridgehead atoms. The van der Waals surface area contributed by atoms with Crippen molar-refractivity contribution in [3.8, 4) is 5.69 Å². The van der Waals surface area contributed by atoms with Gasteiger partial charge in [0.15, 0.2) is 0 Å². The van der Waals surface area contributed by atoms with Gasteiger partial charge in [0.05, 0.1) is 11.4 Å². The van der Waals surface area contributed by atoms with Gasteiger partial charge in [-0.05, 0) is 30.7 Å². The van der Waals surface area contributed by atoms with Crippen molar-refractivity contribution in [2.24, 2.45) is 0 Å². The lowest BCUT2D eigenvalue weighted by molar-refractivity contribution is -0.116. The van der Waals surface area contributed by atoms with Crippen molar-refractivity contribution in [3.63, 3.8) is 0 Å². The van der Waals surface area contributed by atoms with Crippen molar-refractivity contribution in [1.82, 2.24) is 9.78 Å². The quantitative estimate of drug-likeness (QED) is 0.925. The van der Waals surface area contributed by atoms with Crippen LogP contribution >= 0.6 is 23.4 Å². The minimum atomic E-state index is 0.0345. The van der Waals surface area contributed by atoms with Crippen molar-refractivity contribution in [2.45, 2.75) is 31.3 Å². The number of carbonyl (C=O) groups is 1. The zero-order valence-corrected chi connectivity index (χ0v) is 13.3. The van der Waals surface area contributed by atoms with Gasteiger partial charge in [0, 0.05) is 28.5 Å². The molecule has 1 aromatic carbocycles. The predicted molar refractivity (Wildman–Crippen MR) is 87.1 cm³/mol. The number of benzene rings is 1. The minimum absolute atomic E-state index is 0.0345. The topological polar surface area (TPSA) is 46.9 Å². The lowest BCUT2D eigenvalue weighted by Gasteiger charge is -2.10. The summed E-state index contributed by atoms with van der Waals surface area (Å²) in [4.78, 5) is 12.0. The van der Waals surface area contributed by atoms with Crippen LogP contribution in [0.4, 0.5) is 5.82 Å². The molecule has 1 aromatic heterocycles. The summed E-state index contributed by atoms with van der Waals surface area (Å²) in [7, 11) is 0. The van der Waals surface area contributed by atoms with Gasteiger partial charge in [-0.3, -0.25) is 4.79 Å². The Bertz CT molecular complexity index is 666. The Kier molecular flexibility index (Phi) is 4.22. The van der Waals surface area contributed by atoms with Crippen LogP contribution in [0.2, 0.25) is 5.02 Å². The van der Waals surface area contributed by atoms with E-state index in [1.165, 1.54) is 0 Å². The van der Waals surface area contributed by atoms with Gasteiger partial charge in [-0.1, -0.05) is 18.5 Å². The maximum Gasteiger partial charge on any atom is 0.225 e. The number of amides is 1. The Hall–Kier alpha value is -1.46. The predicted octanol–water partition coefficient (Wildman–Crippen LogP) is 4.01. The molecule has 21 heavy (non-hydrogen) atoms. The second-order valence-electron chi connectivity index (χ2n) is 4.95. The molecule has 1 aliphatic heterocycles. The molecule has 4 nitrogen and oxygen atoms in total. The van der Waals surface area contributed by atoms with Gasteiger partial charge in [-0.15, -0.1) is 0 Å².